The van der Waals surface area contributed by atoms with Gasteiger partial charge in [-0.3, -0.25) is 9.59 Å². The van der Waals surface area contributed by atoms with Gasteiger partial charge in [-0.2, -0.15) is 0 Å². The predicted molar refractivity (Wildman–Crippen MR) is 111 cm³/mol. The summed E-state index contributed by atoms with van der Waals surface area (Å²) in [5, 5.41) is 14.5. The molecule has 0 bridgehead atoms. The van der Waals surface area contributed by atoms with Gasteiger partial charge in [-0.05, 0) is 67.8 Å². The van der Waals surface area contributed by atoms with Crippen molar-refractivity contribution in [3.63, 3.8) is 0 Å². The van der Waals surface area contributed by atoms with Gasteiger partial charge in [0, 0.05) is 13.8 Å². The van der Waals surface area contributed by atoms with Gasteiger partial charge in [-0.1, -0.05) is 0 Å². The van der Waals surface area contributed by atoms with Gasteiger partial charge in [0.25, 0.3) is 0 Å². The van der Waals surface area contributed by atoms with Crippen molar-refractivity contribution in [1.82, 2.24) is 0 Å². The molecule has 10 heteroatoms. The second kappa shape index (κ2) is 8.85. The molecule has 0 atom stereocenters. The maximum absolute atomic E-state index is 11.4. The van der Waals surface area contributed by atoms with Crippen molar-refractivity contribution >= 4 is 115 Å². The first-order valence-electron chi connectivity index (χ1n) is 5.15. The maximum atomic E-state index is 11.4. The number of anilines is 2. The van der Waals surface area contributed by atoms with Gasteiger partial charge in [0.1, 0.15) is 0 Å². The number of hydrogen-bond donors (Lipinski definition) is 3. The van der Waals surface area contributed by atoms with Crippen molar-refractivity contribution in [2.75, 3.05) is 10.6 Å². The molecule has 0 saturated heterocycles. The van der Waals surface area contributed by atoms with E-state index in [1.54, 1.807) is 0 Å². The average Bonchev–Trinajstić information content (AvgIpc) is 2.29. The Kier molecular flexibility index (Phi) is 9.01. The zero-order chi connectivity index (χ0) is 15.6. The molecule has 0 aliphatic rings. The van der Waals surface area contributed by atoms with E-state index in [0.29, 0.717) is 22.1 Å². The van der Waals surface area contributed by atoms with Gasteiger partial charge in [0.2, 0.25) is 11.8 Å². The molecule has 1 aromatic rings. The molecular formula is C11H13GeI3N2O4. The summed E-state index contributed by atoms with van der Waals surface area (Å²) in [4.78, 5) is 33.9. The summed E-state index contributed by atoms with van der Waals surface area (Å²) in [6.45, 7) is 2.67. The van der Waals surface area contributed by atoms with Crippen LogP contribution in [0.1, 0.15) is 24.2 Å². The number of carbonyl (C=O) groups is 3. The summed E-state index contributed by atoms with van der Waals surface area (Å²) >= 11 is 5.71. The first kappa shape index (κ1) is 21.4. The van der Waals surface area contributed by atoms with Crippen molar-refractivity contribution < 1.29 is 19.5 Å². The van der Waals surface area contributed by atoms with Crippen LogP contribution in [0.3, 0.4) is 0 Å². The van der Waals surface area contributed by atoms with Crippen LogP contribution in [-0.2, 0) is 9.59 Å². The molecule has 0 radical (unpaired) electrons. The molecule has 0 aliphatic carbocycles. The van der Waals surface area contributed by atoms with Crippen molar-refractivity contribution in [2.24, 2.45) is 0 Å². The van der Waals surface area contributed by atoms with Crippen LogP contribution >= 0.6 is 67.8 Å². The van der Waals surface area contributed by atoms with Gasteiger partial charge in [0.05, 0.1) is 27.6 Å². The molecule has 21 heavy (non-hydrogen) atoms. The van der Waals surface area contributed by atoms with E-state index in [-0.39, 0.29) is 35.0 Å². The summed E-state index contributed by atoms with van der Waals surface area (Å²) < 4.78 is 1.44. The van der Waals surface area contributed by atoms with Crippen molar-refractivity contribution in [2.45, 2.75) is 13.8 Å². The fourth-order valence-electron chi connectivity index (χ4n) is 1.42. The van der Waals surface area contributed by atoms with E-state index in [0.717, 1.165) is 0 Å². The summed E-state index contributed by atoms with van der Waals surface area (Å²) in [6, 6.07) is 0. The van der Waals surface area contributed by atoms with Crippen LogP contribution in [0.5, 0.6) is 0 Å². The molecule has 2 amide bonds. The third-order valence-corrected chi connectivity index (χ3v) is 5.37. The summed E-state index contributed by atoms with van der Waals surface area (Å²) in [5.74, 6) is -1.74. The van der Waals surface area contributed by atoms with Gasteiger partial charge in [0.15, 0.2) is 0 Å². The Morgan fingerprint density at radius 3 is 1.43 bits per heavy atom. The van der Waals surface area contributed by atoms with E-state index >= 15 is 0 Å². The number of hydrogen-bond acceptors (Lipinski definition) is 3. The zero-order valence-electron chi connectivity index (χ0n) is 10.3. The topological polar surface area (TPSA) is 95.5 Å². The Bertz CT molecular complexity index is 579. The van der Waals surface area contributed by atoms with Crippen LogP contribution in [0.25, 0.3) is 0 Å². The number of amides is 2. The van der Waals surface area contributed by atoms with Gasteiger partial charge >= 0.3 is 23.6 Å². The summed E-state index contributed by atoms with van der Waals surface area (Å²) in [5.41, 5.74) is 0.833. The van der Waals surface area contributed by atoms with E-state index in [2.05, 4.69) is 10.6 Å². The monoisotopic (exact) mass is 692 g/mol. The van der Waals surface area contributed by atoms with Crippen molar-refractivity contribution in [1.29, 1.82) is 0 Å². The fraction of sp³-hybridized carbons (Fsp3) is 0.182. The fourth-order valence-corrected chi connectivity index (χ4v) is 5.59. The summed E-state index contributed by atoms with van der Waals surface area (Å²) in [6.07, 6.45) is 0. The molecule has 0 spiro atoms. The number of aromatic carboxylic acids is 1. The molecular weight excluding hydrogens is 677 g/mol. The van der Waals surface area contributed by atoms with E-state index in [1.165, 1.54) is 13.8 Å². The molecule has 6 nitrogen and oxygen atoms in total. The van der Waals surface area contributed by atoms with Gasteiger partial charge in [-0.15, -0.1) is 0 Å². The molecule has 0 aromatic heterocycles. The predicted octanol–water partition coefficient (Wildman–Crippen LogP) is 1.66. The van der Waals surface area contributed by atoms with Crippen LogP contribution in [-0.4, -0.2) is 40.5 Å². The Hall–Kier alpha value is 0.363. The normalized spacial score (nSPS) is 9.57. The van der Waals surface area contributed by atoms with Crippen LogP contribution in [0.15, 0.2) is 0 Å². The van der Waals surface area contributed by atoms with Crippen LogP contribution in [0.4, 0.5) is 11.4 Å². The molecule has 116 valence electrons. The van der Waals surface area contributed by atoms with E-state index < -0.39 is 5.97 Å². The first-order chi connectivity index (χ1) is 9.16. The molecule has 0 aliphatic heterocycles. The van der Waals surface area contributed by atoms with Gasteiger partial charge < -0.3 is 15.7 Å². The van der Waals surface area contributed by atoms with Crippen LogP contribution < -0.4 is 10.6 Å². The Morgan fingerprint density at radius 1 is 0.857 bits per heavy atom. The standard InChI is InChI=1S/C11H9I3N2O4.GeH4/c1-3(17)15-9-6(12)5(11(19)20)7(13)10(8(9)14)16-4(2)18;/h1-2H3,(H,15,17)(H,16,18)(H,19,20);1H4. The molecule has 0 saturated carbocycles. The number of nitrogens with one attached hydrogen (secondary N) is 2. The zero-order valence-corrected chi connectivity index (χ0v) is 16.8. The third-order valence-electron chi connectivity index (χ3n) is 2.13. The molecule has 1 rings (SSSR count). The van der Waals surface area contributed by atoms with E-state index in [4.69, 9.17) is 0 Å². The third kappa shape index (κ3) is 5.19. The molecule has 0 heterocycles. The number of carboxylic acids is 1. The van der Waals surface area contributed by atoms with E-state index in [9.17, 15) is 19.5 Å². The SMILES string of the molecule is CC(=O)Nc1c(I)c(NC(C)=O)c(I)c(C(=O)O)c1I.[GeH4]. The van der Waals surface area contributed by atoms with Crippen molar-refractivity contribution in [3.05, 3.63) is 16.3 Å². The quantitative estimate of drug-likeness (QED) is 0.333. The second-order valence-electron chi connectivity index (χ2n) is 3.73. The number of halogens is 3. The first-order valence-corrected chi connectivity index (χ1v) is 8.39. The Morgan fingerprint density at radius 2 is 1.19 bits per heavy atom. The second-order valence-corrected chi connectivity index (χ2v) is 6.97. The average molecular weight is 691 g/mol. The van der Waals surface area contributed by atoms with E-state index in [1.807, 2.05) is 67.8 Å². The number of carboxylic acid groups (broad SMARTS) is 1. The molecule has 1 aromatic carbocycles. The minimum atomic E-state index is -1.12. The minimum absolute atomic E-state index is 0. The molecule has 0 unspecified atom stereocenters. The van der Waals surface area contributed by atoms with Crippen LogP contribution in [0.2, 0.25) is 0 Å². The number of rotatable bonds is 3. The Labute approximate surface area is 173 Å². The molecule has 0 fully saturated rings. The number of carbonyl (C=O) groups excluding carboxylic acids is 2. The van der Waals surface area contributed by atoms with Crippen LogP contribution in [0, 0.1) is 10.7 Å². The van der Waals surface area contributed by atoms with Gasteiger partial charge in [-0.25, -0.2) is 4.79 Å². The Balaban J connectivity index is 0.00000400. The summed E-state index contributed by atoms with van der Waals surface area (Å²) in [7, 11) is 0. The molecule has 3 N–H and O–H groups in total. The van der Waals surface area contributed by atoms with Crippen molar-refractivity contribution in [3.8, 4) is 0 Å². The number of benzene rings is 1.